The van der Waals surface area contributed by atoms with E-state index in [2.05, 4.69) is 30.1 Å². The van der Waals surface area contributed by atoms with Crippen LogP contribution in [-0.2, 0) is 6.54 Å². The van der Waals surface area contributed by atoms with Gasteiger partial charge in [0, 0.05) is 30.7 Å². The number of hydrogen-bond acceptors (Lipinski definition) is 3. The van der Waals surface area contributed by atoms with Crippen LogP contribution in [0.5, 0.6) is 0 Å². The number of hydrogen-bond donors (Lipinski definition) is 1. The minimum absolute atomic E-state index is 0.582. The van der Waals surface area contributed by atoms with E-state index in [1.807, 2.05) is 6.26 Å². The van der Waals surface area contributed by atoms with E-state index in [1.54, 1.807) is 6.26 Å². The zero-order chi connectivity index (χ0) is 11.4. The fourth-order valence-electron chi connectivity index (χ4n) is 2.45. The number of piperidine rings is 1. The van der Waals surface area contributed by atoms with Gasteiger partial charge in [0.2, 0.25) is 0 Å². The van der Waals surface area contributed by atoms with Crippen molar-refractivity contribution in [3.8, 4) is 0 Å². The molecule has 1 aromatic heterocycles. The van der Waals surface area contributed by atoms with E-state index in [9.17, 15) is 0 Å². The molecule has 0 saturated carbocycles. The predicted molar refractivity (Wildman–Crippen MR) is 65.3 cm³/mol. The third-order valence-electron chi connectivity index (χ3n) is 3.06. The molecule has 1 aliphatic heterocycles. The lowest BCUT2D eigenvalue weighted by Gasteiger charge is -2.34. The van der Waals surface area contributed by atoms with Crippen molar-refractivity contribution in [3.63, 3.8) is 0 Å². The number of furan rings is 1. The first-order chi connectivity index (χ1) is 7.74. The lowest BCUT2D eigenvalue weighted by molar-refractivity contribution is 0.178. The Kier molecular flexibility index (Phi) is 4.02. The molecule has 3 nitrogen and oxygen atoms in total. The highest BCUT2D eigenvalue weighted by Crippen LogP contribution is 2.14. The molecule has 1 aromatic rings. The smallest absolute Gasteiger partial charge is 0.0947 e. The molecule has 16 heavy (non-hydrogen) atoms. The summed E-state index contributed by atoms with van der Waals surface area (Å²) in [5.41, 5.74) is 1.28. The van der Waals surface area contributed by atoms with Gasteiger partial charge >= 0.3 is 0 Å². The third kappa shape index (κ3) is 3.35. The van der Waals surface area contributed by atoms with Crippen LogP contribution in [0, 0.1) is 0 Å². The van der Waals surface area contributed by atoms with Crippen LogP contribution < -0.4 is 5.32 Å². The van der Waals surface area contributed by atoms with Crippen LogP contribution in [-0.4, -0.2) is 30.1 Å². The molecule has 2 rings (SSSR count). The molecule has 1 aliphatic rings. The van der Waals surface area contributed by atoms with Crippen molar-refractivity contribution in [2.75, 3.05) is 13.1 Å². The van der Waals surface area contributed by atoms with Gasteiger partial charge in [0.1, 0.15) is 0 Å². The van der Waals surface area contributed by atoms with E-state index in [4.69, 9.17) is 4.42 Å². The zero-order valence-electron chi connectivity index (χ0n) is 10.3. The van der Waals surface area contributed by atoms with Crippen molar-refractivity contribution in [2.45, 2.75) is 45.3 Å². The fourth-order valence-corrected chi connectivity index (χ4v) is 2.45. The number of rotatable bonds is 4. The highest BCUT2D eigenvalue weighted by molar-refractivity contribution is 5.05. The fraction of sp³-hybridized carbons (Fsp3) is 0.692. The molecule has 90 valence electrons. The van der Waals surface area contributed by atoms with Gasteiger partial charge in [-0.2, -0.15) is 0 Å². The van der Waals surface area contributed by atoms with E-state index in [-0.39, 0.29) is 0 Å². The first-order valence-electron chi connectivity index (χ1n) is 6.23. The van der Waals surface area contributed by atoms with Gasteiger partial charge in [0.05, 0.1) is 12.5 Å². The minimum Gasteiger partial charge on any atom is -0.472 e. The Morgan fingerprint density at radius 3 is 3.12 bits per heavy atom. The van der Waals surface area contributed by atoms with Crippen LogP contribution in [0.3, 0.4) is 0 Å². The van der Waals surface area contributed by atoms with Gasteiger partial charge in [0.25, 0.3) is 0 Å². The largest absolute Gasteiger partial charge is 0.472 e. The monoisotopic (exact) mass is 222 g/mol. The van der Waals surface area contributed by atoms with E-state index < -0.39 is 0 Å². The number of nitrogens with one attached hydrogen (secondary N) is 1. The van der Waals surface area contributed by atoms with Gasteiger partial charge in [-0.25, -0.2) is 0 Å². The van der Waals surface area contributed by atoms with Gasteiger partial charge in [-0.05, 0) is 25.5 Å². The molecule has 3 heteroatoms. The maximum absolute atomic E-state index is 5.11. The van der Waals surface area contributed by atoms with Gasteiger partial charge in [-0.3, -0.25) is 4.90 Å². The van der Waals surface area contributed by atoms with Crippen molar-refractivity contribution in [2.24, 2.45) is 0 Å². The number of likely N-dealkylation sites (tertiary alicyclic amines) is 1. The second-order valence-corrected chi connectivity index (χ2v) is 5.03. The molecule has 0 radical (unpaired) electrons. The molecule has 1 unspecified atom stereocenters. The Labute approximate surface area is 97.8 Å². The van der Waals surface area contributed by atoms with Crippen molar-refractivity contribution in [1.29, 1.82) is 0 Å². The van der Waals surface area contributed by atoms with Crippen molar-refractivity contribution in [1.82, 2.24) is 10.2 Å². The van der Waals surface area contributed by atoms with Gasteiger partial charge in [-0.15, -0.1) is 0 Å². The summed E-state index contributed by atoms with van der Waals surface area (Å²) in [6.45, 7) is 7.82. The predicted octanol–water partition coefficient (Wildman–Crippen LogP) is 2.24. The zero-order valence-corrected chi connectivity index (χ0v) is 10.3. The van der Waals surface area contributed by atoms with Crippen molar-refractivity contribution < 1.29 is 4.42 Å². The average Bonchev–Trinajstić information content (AvgIpc) is 2.70. The Morgan fingerprint density at radius 1 is 1.56 bits per heavy atom. The van der Waals surface area contributed by atoms with Crippen LogP contribution >= 0.6 is 0 Å². The molecular weight excluding hydrogens is 200 g/mol. The maximum Gasteiger partial charge on any atom is 0.0947 e. The lowest BCUT2D eigenvalue weighted by Crippen LogP contribution is -2.47. The van der Waals surface area contributed by atoms with Crippen LogP contribution in [0.2, 0.25) is 0 Å². The van der Waals surface area contributed by atoms with E-state index in [0.29, 0.717) is 12.1 Å². The SMILES string of the molecule is CC(C)NC1CCCN(Cc2ccoc2)C1. The summed E-state index contributed by atoms with van der Waals surface area (Å²) >= 11 is 0. The summed E-state index contributed by atoms with van der Waals surface area (Å²) in [4.78, 5) is 2.51. The molecule has 0 spiro atoms. The number of nitrogens with zero attached hydrogens (tertiary/aromatic N) is 1. The molecule has 1 saturated heterocycles. The molecule has 2 heterocycles. The Bertz CT molecular complexity index is 295. The molecule has 0 bridgehead atoms. The van der Waals surface area contributed by atoms with E-state index in [1.165, 1.54) is 24.9 Å². The van der Waals surface area contributed by atoms with Crippen molar-refractivity contribution >= 4 is 0 Å². The van der Waals surface area contributed by atoms with Crippen LogP contribution in [0.15, 0.2) is 23.0 Å². The topological polar surface area (TPSA) is 28.4 Å². The Balaban J connectivity index is 1.82. The quantitative estimate of drug-likeness (QED) is 0.847. The van der Waals surface area contributed by atoms with E-state index >= 15 is 0 Å². The molecule has 1 fully saturated rings. The summed E-state index contributed by atoms with van der Waals surface area (Å²) in [6, 6.07) is 3.29. The van der Waals surface area contributed by atoms with Crippen LogP contribution in [0.4, 0.5) is 0 Å². The third-order valence-corrected chi connectivity index (χ3v) is 3.06. The molecular formula is C13H22N2O. The molecule has 0 aliphatic carbocycles. The highest BCUT2D eigenvalue weighted by Gasteiger charge is 2.20. The molecule has 1 N–H and O–H groups in total. The second-order valence-electron chi connectivity index (χ2n) is 5.03. The summed E-state index contributed by atoms with van der Waals surface area (Å²) in [7, 11) is 0. The summed E-state index contributed by atoms with van der Waals surface area (Å²) in [6.07, 6.45) is 6.20. The summed E-state index contributed by atoms with van der Waals surface area (Å²) in [5.74, 6) is 0. The summed E-state index contributed by atoms with van der Waals surface area (Å²) in [5, 5.41) is 3.63. The standard InChI is InChI=1S/C13H22N2O/c1-11(2)14-13-4-3-6-15(9-13)8-12-5-7-16-10-12/h5,7,10-11,13-14H,3-4,6,8-9H2,1-2H3. The normalized spacial score (nSPS) is 22.8. The first kappa shape index (κ1) is 11.7. The Hall–Kier alpha value is -0.800. The average molecular weight is 222 g/mol. The van der Waals surface area contributed by atoms with Gasteiger partial charge in [0.15, 0.2) is 0 Å². The Morgan fingerprint density at radius 2 is 2.44 bits per heavy atom. The molecule has 0 aromatic carbocycles. The van der Waals surface area contributed by atoms with Crippen molar-refractivity contribution in [3.05, 3.63) is 24.2 Å². The molecule has 0 amide bonds. The molecule has 1 atom stereocenters. The van der Waals surface area contributed by atoms with Gasteiger partial charge < -0.3 is 9.73 Å². The van der Waals surface area contributed by atoms with Gasteiger partial charge in [-0.1, -0.05) is 13.8 Å². The van der Waals surface area contributed by atoms with Crippen LogP contribution in [0.25, 0.3) is 0 Å². The second kappa shape index (κ2) is 5.51. The van der Waals surface area contributed by atoms with Crippen LogP contribution in [0.1, 0.15) is 32.3 Å². The summed E-state index contributed by atoms with van der Waals surface area (Å²) < 4.78 is 5.11. The minimum atomic E-state index is 0.582. The first-order valence-corrected chi connectivity index (χ1v) is 6.23. The highest BCUT2D eigenvalue weighted by atomic mass is 16.3. The van der Waals surface area contributed by atoms with E-state index in [0.717, 1.165) is 13.1 Å². The maximum atomic E-state index is 5.11. The lowest BCUT2D eigenvalue weighted by atomic mass is 10.0.